The molecule has 0 spiro atoms. The average molecular weight is 249 g/mol. The second kappa shape index (κ2) is 4.40. The minimum absolute atomic E-state index is 0.693. The van der Waals surface area contributed by atoms with E-state index in [1.54, 1.807) is 0 Å². The van der Waals surface area contributed by atoms with Crippen molar-refractivity contribution in [2.75, 3.05) is 4.90 Å². The molecule has 94 valence electrons. The van der Waals surface area contributed by atoms with Crippen molar-refractivity contribution in [2.45, 2.75) is 26.9 Å². The Hall–Kier alpha value is -2.34. The zero-order valence-electron chi connectivity index (χ0n) is 11.1. The maximum absolute atomic E-state index is 9.35. The Morgan fingerprint density at radius 1 is 1.16 bits per heavy atom. The Morgan fingerprint density at radius 2 is 1.79 bits per heavy atom. The molecule has 1 aromatic heterocycles. The molecule has 0 N–H and O–H groups in total. The van der Waals surface area contributed by atoms with Crippen LogP contribution in [0.5, 0.6) is 0 Å². The zero-order chi connectivity index (χ0) is 13.4. The molecule has 0 bridgehead atoms. The summed E-state index contributed by atoms with van der Waals surface area (Å²) in [6.07, 6.45) is 0. The lowest BCUT2D eigenvalue weighted by molar-refractivity contribution is 0.870. The molecule has 1 aromatic carbocycles. The van der Waals surface area contributed by atoms with Gasteiger partial charge in [-0.3, -0.25) is 4.98 Å². The summed E-state index contributed by atoms with van der Waals surface area (Å²) in [6, 6.07) is 12.7. The summed E-state index contributed by atoms with van der Waals surface area (Å²) >= 11 is 0. The monoisotopic (exact) mass is 249 g/mol. The van der Waals surface area contributed by atoms with E-state index in [1.807, 2.05) is 19.9 Å². The fraction of sp³-hybridized carbons (Fsp3) is 0.250. The van der Waals surface area contributed by atoms with Crippen LogP contribution in [0.4, 0.5) is 5.69 Å². The maximum atomic E-state index is 9.35. The standard InChI is InChI=1S/C16H15N3/c1-11-7-16(15(8-17)12(2)18-11)19-9-13-5-3-4-6-14(13)10-19/h3-7H,9-10H2,1-2H3. The van der Waals surface area contributed by atoms with Gasteiger partial charge < -0.3 is 4.90 Å². The number of nitrogens with zero attached hydrogens (tertiary/aromatic N) is 3. The van der Waals surface area contributed by atoms with Gasteiger partial charge in [0.05, 0.1) is 16.9 Å². The predicted molar refractivity (Wildman–Crippen MR) is 74.8 cm³/mol. The molecule has 0 saturated heterocycles. The van der Waals surface area contributed by atoms with Gasteiger partial charge in [0.2, 0.25) is 0 Å². The van der Waals surface area contributed by atoms with Crippen LogP contribution in [0.2, 0.25) is 0 Å². The summed E-state index contributed by atoms with van der Waals surface area (Å²) in [6.45, 7) is 5.61. The van der Waals surface area contributed by atoms with E-state index in [4.69, 9.17) is 0 Å². The zero-order valence-corrected chi connectivity index (χ0v) is 11.1. The van der Waals surface area contributed by atoms with E-state index in [0.717, 1.165) is 30.2 Å². The number of aromatic nitrogens is 1. The lowest BCUT2D eigenvalue weighted by Gasteiger charge is -2.20. The summed E-state index contributed by atoms with van der Waals surface area (Å²) < 4.78 is 0. The molecule has 0 radical (unpaired) electrons. The average Bonchev–Trinajstić information content (AvgIpc) is 2.81. The highest BCUT2D eigenvalue weighted by molar-refractivity contribution is 5.63. The van der Waals surface area contributed by atoms with Gasteiger partial charge in [-0.05, 0) is 31.0 Å². The molecular weight excluding hydrogens is 234 g/mol. The Bertz CT molecular complexity index is 658. The van der Waals surface area contributed by atoms with Gasteiger partial charge in [-0.15, -0.1) is 0 Å². The number of hydrogen-bond donors (Lipinski definition) is 0. The molecule has 2 aromatic rings. The Kier molecular flexibility index (Phi) is 2.72. The van der Waals surface area contributed by atoms with Crippen molar-refractivity contribution >= 4 is 5.69 Å². The SMILES string of the molecule is Cc1cc(N2Cc3ccccc3C2)c(C#N)c(C)n1. The van der Waals surface area contributed by atoms with Crippen LogP contribution in [-0.4, -0.2) is 4.98 Å². The van der Waals surface area contributed by atoms with E-state index < -0.39 is 0 Å². The minimum Gasteiger partial charge on any atom is -0.362 e. The molecular formula is C16H15N3. The fourth-order valence-electron chi connectivity index (χ4n) is 2.70. The molecule has 2 heterocycles. The number of fused-ring (bicyclic) bond motifs is 1. The second-order valence-corrected chi connectivity index (χ2v) is 4.98. The van der Waals surface area contributed by atoms with Crippen LogP contribution in [0, 0.1) is 25.2 Å². The van der Waals surface area contributed by atoms with Crippen LogP contribution in [-0.2, 0) is 13.1 Å². The number of pyridine rings is 1. The number of benzene rings is 1. The van der Waals surface area contributed by atoms with Crippen molar-refractivity contribution in [2.24, 2.45) is 0 Å². The number of rotatable bonds is 1. The van der Waals surface area contributed by atoms with Crippen LogP contribution in [0.15, 0.2) is 30.3 Å². The van der Waals surface area contributed by atoms with Gasteiger partial charge in [-0.2, -0.15) is 5.26 Å². The topological polar surface area (TPSA) is 39.9 Å². The van der Waals surface area contributed by atoms with E-state index in [0.29, 0.717) is 5.56 Å². The van der Waals surface area contributed by atoms with Crippen molar-refractivity contribution in [1.29, 1.82) is 5.26 Å². The molecule has 19 heavy (non-hydrogen) atoms. The third kappa shape index (κ3) is 1.96. The number of nitriles is 1. The van der Waals surface area contributed by atoms with Crippen LogP contribution in [0.25, 0.3) is 0 Å². The summed E-state index contributed by atoms with van der Waals surface area (Å²) in [5.41, 5.74) is 6.16. The molecule has 0 aliphatic carbocycles. The molecule has 0 unspecified atom stereocenters. The van der Waals surface area contributed by atoms with E-state index in [1.165, 1.54) is 11.1 Å². The van der Waals surface area contributed by atoms with Gasteiger partial charge in [-0.1, -0.05) is 24.3 Å². The Morgan fingerprint density at radius 3 is 2.37 bits per heavy atom. The smallest absolute Gasteiger partial charge is 0.103 e. The van der Waals surface area contributed by atoms with Crippen molar-refractivity contribution in [3.63, 3.8) is 0 Å². The second-order valence-electron chi connectivity index (χ2n) is 4.98. The van der Waals surface area contributed by atoms with E-state index in [-0.39, 0.29) is 0 Å². The number of hydrogen-bond acceptors (Lipinski definition) is 3. The first-order chi connectivity index (χ1) is 9.19. The van der Waals surface area contributed by atoms with Crippen LogP contribution >= 0.6 is 0 Å². The van der Waals surface area contributed by atoms with Crippen molar-refractivity contribution < 1.29 is 0 Å². The van der Waals surface area contributed by atoms with Gasteiger partial charge in [0.1, 0.15) is 6.07 Å². The van der Waals surface area contributed by atoms with Crippen molar-refractivity contribution in [1.82, 2.24) is 4.98 Å². The Balaban J connectivity index is 2.04. The molecule has 3 nitrogen and oxygen atoms in total. The first-order valence-corrected chi connectivity index (χ1v) is 6.39. The number of aryl methyl sites for hydroxylation is 2. The summed E-state index contributed by atoms with van der Waals surface area (Å²) in [4.78, 5) is 6.63. The lowest BCUT2D eigenvalue weighted by Crippen LogP contribution is -2.17. The van der Waals surface area contributed by atoms with Gasteiger partial charge in [0.25, 0.3) is 0 Å². The van der Waals surface area contributed by atoms with Gasteiger partial charge in [0.15, 0.2) is 0 Å². The molecule has 3 rings (SSSR count). The van der Waals surface area contributed by atoms with Crippen molar-refractivity contribution in [3.8, 4) is 6.07 Å². The lowest BCUT2D eigenvalue weighted by atomic mass is 10.1. The number of anilines is 1. The molecule has 0 saturated carbocycles. The third-order valence-corrected chi connectivity index (χ3v) is 3.60. The van der Waals surface area contributed by atoms with Crippen LogP contribution in [0.1, 0.15) is 28.1 Å². The van der Waals surface area contributed by atoms with Crippen LogP contribution < -0.4 is 4.90 Å². The largest absolute Gasteiger partial charge is 0.362 e. The van der Waals surface area contributed by atoms with E-state index in [9.17, 15) is 5.26 Å². The van der Waals surface area contributed by atoms with Gasteiger partial charge in [0, 0.05) is 18.8 Å². The maximum Gasteiger partial charge on any atom is 0.103 e. The highest BCUT2D eigenvalue weighted by atomic mass is 15.1. The fourth-order valence-corrected chi connectivity index (χ4v) is 2.70. The third-order valence-electron chi connectivity index (χ3n) is 3.60. The first-order valence-electron chi connectivity index (χ1n) is 6.39. The Labute approximate surface area is 113 Å². The molecule has 0 amide bonds. The molecule has 1 aliphatic heterocycles. The summed E-state index contributed by atoms with van der Waals surface area (Å²) in [5, 5.41) is 9.35. The normalized spacial score (nSPS) is 13.2. The first kappa shape index (κ1) is 11.7. The minimum atomic E-state index is 0.693. The van der Waals surface area contributed by atoms with Gasteiger partial charge in [-0.25, -0.2) is 0 Å². The summed E-state index contributed by atoms with van der Waals surface area (Å²) in [7, 11) is 0. The van der Waals surface area contributed by atoms with Crippen LogP contribution in [0.3, 0.4) is 0 Å². The highest BCUT2D eigenvalue weighted by Crippen LogP contribution is 2.31. The summed E-state index contributed by atoms with van der Waals surface area (Å²) in [5.74, 6) is 0. The molecule has 3 heteroatoms. The molecule has 0 fully saturated rings. The molecule has 1 aliphatic rings. The highest BCUT2D eigenvalue weighted by Gasteiger charge is 2.22. The van der Waals surface area contributed by atoms with Gasteiger partial charge >= 0.3 is 0 Å². The quantitative estimate of drug-likeness (QED) is 0.779. The predicted octanol–water partition coefficient (Wildman–Crippen LogP) is 3.09. The van der Waals surface area contributed by atoms with Crippen molar-refractivity contribution in [3.05, 3.63) is 58.4 Å². The van der Waals surface area contributed by atoms with E-state index >= 15 is 0 Å². The van der Waals surface area contributed by atoms with E-state index in [2.05, 4.69) is 40.2 Å². The molecule has 0 atom stereocenters.